The van der Waals surface area contributed by atoms with Crippen LogP contribution in [-0.2, 0) is 9.53 Å². The molecule has 33 heavy (non-hydrogen) atoms. The number of primary amides is 1. The maximum Gasteiger partial charge on any atom is 0.339 e. The highest BCUT2D eigenvalue weighted by Crippen LogP contribution is 2.29. The van der Waals surface area contributed by atoms with Gasteiger partial charge in [-0.3, -0.25) is 10.1 Å². The molecule has 0 spiro atoms. The topological polar surface area (TPSA) is 121 Å². The van der Waals surface area contributed by atoms with E-state index in [0.717, 1.165) is 22.1 Å². The average molecular weight is 443 g/mol. The molecule has 0 bridgehead atoms. The van der Waals surface area contributed by atoms with Gasteiger partial charge in [0.05, 0.1) is 23.9 Å². The SMILES string of the molecule is COc1ccc2cc(-c3cc(C(=O)OC(C)C(=O)NC(N)=O)c4ccccc4n3)ccc2c1. The van der Waals surface area contributed by atoms with Crippen LogP contribution in [0.15, 0.2) is 66.7 Å². The van der Waals surface area contributed by atoms with Gasteiger partial charge < -0.3 is 15.2 Å². The number of carbonyl (C=O) groups excluding carboxylic acids is 3. The number of urea groups is 1. The van der Waals surface area contributed by atoms with Gasteiger partial charge >= 0.3 is 12.0 Å². The summed E-state index contributed by atoms with van der Waals surface area (Å²) in [4.78, 5) is 40.5. The van der Waals surface area contributed by atoms with Crippen molar-refractivity contribution in [2.45, 2.75) is 13.0 Å². The Kier molecular flexibility index (Phi) is 5.91. The number of methoxy groups -OCH3 is 1. The molecule has 0 fully saturated rings. The van der Waals surface area contributed by atoms with Gasteiger partial charge in [0.25, 0.3) is 5.91 Å². The van der Waals surface area contributed by atoms with E-state index < -0.39 is 24.0 Å². The van der Waals surface area contributed by atoms with Gasteiger partial charge in [-0.1, -0.05) is 36.4 Å². The first-order valence-corrected chi connectivity index (χ1v) is 10.1. The Morgan fingerprint density at radius 2 is 1.70 bits per heavy atom. The summed E-state index contributed by atoms with van der Waals surface area (Å²) in [6.07, 6.45) is -1.21. The molecular formula is C25H21N3O5. The lowest BCUT2D eigenvalue weighted by atomic mass is 10.0. The van der Waals surface area contributed by atoms with E-state index in [1.54, 1.807) is 31.4 Å². The van der Waals surface area contributed by atoms with Crippen molar-refractivity contribution >= 4 is 39.6 Å². The Morgan fingerprint density at radius 3 is 2.45 bits per heavy atom. The molecule has 0 aliphatic rings. The highest BCUT2D eigenvalue weighted by atomic mass is 16.5. The molecule has 8 heteroatoms. The summed E-state index contributed by atoms with van der Waals surface area (Å²) in [6, 6.07) is 19.4. The van der Waals surface area contributed by atoms with E-state index in [2.05, 4.69) is 0 Å². The van der Waals surface area contributed by atoms with Gasteiger partial charge in [-0.2, -0.15) is 0 Å². The van der Waals surface area contributed by atoms with E-state index >= 15 is 0 Å². The zero-order valence-corrected chi connectivity index (χ0v) is 18.0. The van der Waals surface area contributed by atoms with Gasteiger partial charge in [0, 0.05) is 10.9 Å². The van der Waals surface area contributed by atoms with Crippen LogP contribution in [0.2, 0.25) is 0 Å². The molecule has 0 saturated heterocycles. The minimum Gasteiger partial charge on any atom is -0.497 e. The van der Waals surface area contributed by atoms with Crippen LogP contribution in [0.4, 0.5) is 4.79 Å². The summed E-state index contributed by atoms with van der Waals surface area (Å²) in [6.45, 7) is 1.36. The zero-order valence-electron chi connectivity index (χ0n) is 18.0. The molecule has 3 amide bonds. The predicted molar refractivity (Wildman–Crippen MR) is 124 cm³/mol. The zero-order chi connectivity index (χ0) is 23.5. The van der Waals surface area contributed by atoms with Crippen LogP contribution in [0.1, 0.15) is 17.3 Å². The molecule has 0 radical (unpaired) electrons. The minimum atomic E-state index is -1.21. The number of aromatic nitrogens is 1. The summed E-state index contributed by atoms with van der Waals surface area (Å²) >= 11 is 0. The molecule has 8 nitrogen and oxygen atoms in total. The number of esters is 1. The number of imide groups is 1. The third-order valence-corrected chi connectivity index (χ3v) is 5.18. The van der Waals surface area contributed by atoms with Crippen LogP contribution in [-0.4, -0.2) is 36.1 Å². The number of nitrogens with two attached hydrogens (primary N) is 1. The highest BCUT2D eigenvalue weighted by molar-refractivity contribution is 6.06. The van der Waals surface area contributed by atoms with Gasteiger partial charge in [-0.25, -0.2) is 14.6 Å². The number of rotatable bonds is 5. The van der Waals surface area contributed by atoms with Crippen LogP contribution < -0.4 is 15.8 Å². The number of nitrogens with zero attached hydrogens (tertiary/aromatic N) is 1. The molecule has 4 aromatic rings. The second-order valence-corrected chi connectivity index (χ2v) is 7.40. The summed E-state index contributed by atoms with van der Waals surface area (Å²) in [5.74, 6) is -0.759. The van der Waals surface area contributed by atoms with Crippen LogP contribution >= 0.6 is 0 Å². The number of hydrogen-bond donors (Lipinski definition) is 2. The summed E-state index contributed by atoms with van der Waals surface area (Å²) in [5, 5.41) is 4.48. The largest absolute Gasteiger partial charge is 0.497 e. The minimum absolute atomic E-state index is 0.254. The van der Waals surface area contributed by atoms with Crippen molar-refractivity contribution in [3.05, 3.63) is 72.3 Å². The average Bonchev–Trinajstić information content (AvgIpc) is 2.82. The van der Waals surface area contributed by atoms with Crippen LogP contribution in [0.25, 0.3) is 32.9 Å². The van der Waals surface area contributed by atoms with E-state index in [1.165, 1.54) is 6.92 Å². The quantitative estimate of drug-likeness (QED) is 0.453. The first-order valence-electron chi connectivity index (χ1n) is 10.1. The van der Waals surface area contributed by atoms with Crippen molar-refractivity contribution in [1.29, 1.82) is 0 Å². The van der Waals surface area contributed by atoms with Gasteiger partial charge in [-0.15, -0.1) is 0 Å². The van der Waals surface area contributed by atoms with Gasteiger partial charge in [0.2, 0.25) is 0 Å². The maximum absolute atomic E-state index is 13.0. The number of amides is 3. The molecule has 1 atom stereocenters. The monoisotopic (exact) mass is 443 g/mol. The molecule has 166 valence electrons. The lowest BCUT2D eigenvalue weighted by Crippen LogP contribution is -2.42. The molecule has 0 saturated carbocycles. The Bertz CT molecular complexity index is 1400. The van der Waals surface area contributed by atoms with Gasteiger partial charge in [-0.05, 0) is 48.0 Å². The molecule has 0 aliphatic heterocycles. The fourth-order valence-corrected chi connectivity index (χ4v) is 3.50. The van der Waals surface area contributed by atoms with E-state index in [0.29, 0.717) is 16.6 Å². The first kappa shape index (κ1) is 21.8. The highest BCUT2D eigenvalue weighted by Gasteiger charge is 2.22. The number of nitrogens with one attached hydrogen (secondary N) is 1. The van der Waals surface area contributed by atoms with Gasteiger partial charge in [0.15, 0.2) is 6.10 Å². The van der Waals surface area contributed by atoms with Crippen LogP contribution in [0, 0.1) is 0 Å². The number of carbonyl (C=O) groups is 3. The van der Waals surface area contributed by atoms with Gasteiger partial charge in [0.1, 0.15) is 5.75 Å². The molecule has 0 aliphatic carbocycles. The number of hydrogen-bond acceptors (Lipinski definition) is 6. The fourth-order valence-electron chi connectivity index (χ4n) is 3.50. The standard InChI is InChI=1S/C25H21N3O5/c1-14(23(29)28-25(26)31)33-24(30)20-13-22(27-21-6-4-3-5-19(20)21)17-8-7-16-12-18(32-2)10-9-15(16)11-17/h3-14H,1-2H3,(H3,26,28,29,31). The van der Waals surface area contributed by atoms with Crippen molar-refractivity contribution in [3.63, 3.8) is 0 Å². The Morgan fingerprint density at radius 1 is 0.970 bits per heavy atom. The van der Waals surface area contributed by atoms with Crippen molar-refractivity contribution in [2.75, 3.05) is 7.11 Å². The van der Waals surface area contributed by atoms with E-state index in [1.807, 2.05) is 47.8 Å². The summed E-state index contributed by atoms with van der Waals surface area (Å²) in [5.41, 5.74) is 7.21. The fraction of sp³-hybridized carbons (Fsp3) is 0.120. The molecule has 4 rings (SSSR count). The first-order chi connectivity index (χ1) is 15.9. The molecule has 1 unspecified atom stereocenters. The molecule has 1 heterocycles. The van der Waals surface area contributed by atoms with E-state index in [9.17, 15) is 14.4 Å². The number of pyridine rings is 1. The smallest absolute Gasteiger partial charge is 0.339 e. The Hall–Kier alpha value is -4.46. The van der Waals surface area contributed by atoms with Crippen molar-refractivity contribution < 1.29 is 23.9 Å². The lowest BCUT2D eigenvalue weighted by molar-refractivity contribution is -0.127. The molecular weight excluding hydrogens is 422 g/mol. The lowest BCUT2D eigenvalue weighted by Gasteiger charge is -2.14. The van der Waals surface area contributed by atoms with Crippen molar-refractivity contribution in [2.24, 2.45) is 5.73 Å². The predicted octanol–water partition coefficient (Wildman–Crippen LogP) is 3.80. The molecule has 3 aromatic carbocycles. The van der Waals surface area contributed by atoms with Crippen LogP contribution in [0.3, 0.4) is 0 Å². The molecule has 3 N–H and O–H groups in total. The summed E-state index contributed by atoms with van der Waals surface area (Å²) in [7, 11) is 1.62. The number of ether oxygens (including phenoxy) is 2. The molecule has 1 aromatic heterocycles. The van der Waals surface area contributed by atoms with Crippen LogP contribution in [0.5, 0.6) is 5.75 Å². The van der Waals surface area contributed by atoms with Crippen molar-refractivity contribution in [1.82, 2.24) is 10.3 Å². The number of para-hydroxylation sites is 1. The normalized spacial score (nSPS) is 11.7. The Balaban J connectivity index is 1.74. The number of fused-ring (bicyclic) bond motifs is 2. The second kappa shape index (κ2) is 8.96. The van der Waals surface area contributed by atoms with Crippen molar-refractivity contribution in [3.8, 4) is 17.0 Å². The summed E-state index contributed by atoms with van der Waals surface area (Å²) < 4.78 is 10.6. The van der Waals surface area contributed by atoms with E-state index in [-0.39, 0.29) is 5.56 Å². The Labute approximate surface area is 189 Å². The number of benzene rings is 3. The second-order valence-electron chi connectivity index (χ2n) is 7.40. The van der Waals surface area contributed by atoms with E-state index in [4.69, 9.17) is 20.2 Å². The third kappa shape index (κ3) is 4.59. The maximum atomic E-state index is 13.0. The third-order valence-electron chi connectivity index (χ3n) is 5.18.